The Morgan fingerprint density at radius 1 is 1.12 bits per heavy atom. The van der Waals surface area contributed by atoms with Gasteiger partial charge in [0.1, 0.15) is 5.75 Å². The van der Waals surface area contributed by atoms with Crippen molar-refractivity contribution in [2.75, 3.05) is 27.2 Å². The van der Waals surface area contributed by atoms with E-state index in [2.05, 4.69) is 66.8 Å². The normalized spacial score (nSPS) is 11.9. The smallest absolute Gasteiger partial charge is 0.119 e. The Morgan fingerprint density at radius 3 is 2.64 bits per heavy atom. The third kappa shape index (κ3) is 6.96. The molecule has 0 aliphatic heterocycles. The Balaban J connectivity index is 1.94. The molecular weight excluding hydrogens is 310 g/mol. The highest BCUT2D eigenvalue weighted by atomic mass is 16.5. The van der Waals surface area contributed by atoms with Gasteiger partial charge in [-0.3, -0.25) is 0 Å². The maximum Gasteiger partial charge on any atom is 0.119 e. The van der Waals surface area contributed by atoms with Crippen molar-refractivity contribution in [3.05, 3.63) is 65.7 Å². The highest BCUT2D eigenvalue weighted by molar-refractivity contribution is 5.29. The van der Waals surface area contributed by atoms with Gasteiger partial charge >= 0.3 is 0 Å². The van der Waals surface area contributed by atoms with Gasteiger partial charge in [-0.05, 0) is 43.8 Å². The summed E-state index contributed by atoms with van der Waals surface area (Å²) in [5.41, 5.74) is 2.48. The van der Waals surface area contributed by atoms with Gasteiger partial charge in [0, 0.05) is 25.6 Å². The first kappa shape index (κ1) is 19.0. The van der Waals surface area contributed by atoms with Crippen LogP contribution in [0.5, 0.6) is 5.75 Å². The largest absolute Gasteiger partial charge is 0.494 e. The molecule has 0 aliphatic carbocycles. The molecule has 0 aromatic heterocycles. The van der Waals surface area contributed by atoms with Crippen LogP contribution in [-0.2, 0) is 6.54 Å². The van der Waals surface area contributed by atoms with Crippen LogP contribution in [0.15, 0.2) is 54.6 Å². The van der Waals surface area contributed by atoms with Gasteiger partial charge in [0.05, 0.1) is 12.7 Å². The molecule has 0 fully saturated rings. The molecule has 1 unspecified atom stereocenters. The number of ether oxygens (including phenoxy) is 1. The molecular formula is C21H27N3O. The van der Waals surface area contributed by atoms with E-state index in [4.69, 9.17) is 10.00 Å². The number of likely N-dealkylation sites (N-methyl/N-ethyl adjacent to an activating group) is 1. The lowest BCUT2D eigenvalue weighted by Crippen LogP contribution is -2.30. The molecule has 4 heteroatoms. The van der Waals surface area contributed by atoms with E-state index in [1.807, 2.05) is 18.2 Å². The third-order valence-corrected chi connectivity index (χ3v) is 3.90. The second kappa shape index (κ2) is 10.5. The molecule has 0 radical (unpaired) electrons. The molecule has 0 amide bonds. The van der Waals surface area contributed by atoms with Crippen LogP contribution >= 0.6 is 0 Å². The predicted octanol–water partition coefficient (Wildman–Crippen LogP) is 3.76. The Kier molecular flexibility index (Phi) is 7.97. The van der Waals surface area contributed by atoms with E-state index >= 15 is 0 Å². The Hall–Kier alpha value is -2.35. The van der Waals surface area contributed by atoms with Crippen LogP contribution in [0.3, 0.4) is 0 Å². The molecule has 0 aliphatic rings. The minimum absolute atomic E-state index is 0.274. The van der Waals surface area contributed by atoms with Crippen molar-refractivity contribution in [3.63, 3.8) is 0 Å². The molecule has 25 heavy (non-hydrogen) atoms. The number of nitrogens with zero attached hydrogens (tertiary/aromatic N) is 2. The summed E-state index contributed by atoms with van der Waals surface area (Å²) < 4.78 is 5.72. The predicted molar refractivity (Wildman–Crippen MR) is 101 cm³/mol. The summed E-state index contributed by atoms with van der Waals surface area (Å²) in [5.74, 6) is 0.862. The van der Waals surface area contributed by atoms with Gasteiger partial charge < -0.3 is 15.0 Å². The van der Waals surface area contributed by atoms with Crippen molar-refractivity contribution in [3.8, 4) is 11.8 Å². The first-order chi connectivity index (χ1) is 12.2. The molecule has 0 saturated heterocycles. The average Bonchev–Trinajstić information content (AvgIpc) is 2.63. The monoisotopic (exact) mass is 337 g/mol. The number of unbranched alkanes of at least 4 members (excludes halogenated alkanes) is 1. The average molecular weight is 337 g/mol. The zero-order chi connectivity index (χ0) is 17.9. The van der Waals surface area contributed by atoms with E-state index < -0.39 is 0 Å². The van der Waals surface area contributed by atoms with Gasteiger partial charge in [-0.1, -0.05) is 42.5 Å². The summed E-state index contributed by atoms with van der Waals surface area (Å²) in [6, 6.07) is 21.1. The fourth-order valence-electron chi connectivity index (χ4n) is 2.67. The van der Waals surface area contributed by atoms with E-state index in [0.717, 1.165) is 25.3 Å². The van der Waals surface area contributed by atoms with Crippen molar-refractivity contribution in [1.29, 1.82) is 5.26 Å². The Labute approximate surface area is 151 Å². The minimum atomic E-state index is 0.274. The molecule has 0 spiro atoms. The lowest BCUT2D eigenvalue weighted by molar-refractivity contribution is 0.312. The molecule has 1 atom stereocenters. The standard InChI is InChI=1S/C21H27N3O/c1-24(2)17-21(19-10-4-3-5-11-19)23-16-18-9-8-12-20(15-18)25-14-7-6-13-22/h3-5,8-12,15,21,23H,6-7,14,16-17H2,1-2H3. The summed E-state index contributed by atoms with van der Waals surface area (Å²) >= 11 is 0. The summed E-state index contributed by atoms with van der Waals surface area (Å²) in [7, 11) is 4.18. The maximum atomic E-state index is 8.57. The highest BCUT2D eigenvalue weighted by Gasteiger charge is 2.11. The van der Waals surface area contributed by atoms with E-state index in [9.17, 15) is 0 Å². The summed E-state index contributed by atoms with van der Waals surface area (Å²) in [5, 5.41) is 12.2. The van der Waals surface area contributed by atoms with Crippen LogP contribution in [0.25, 0.3) is 0 Å². The topological polar surface area (TPSA) is 48.3 Å². The maximum absolute atomic E-state index is 8.57. The van der Waals surface area contributed by atoms with E-state index in [-0.39, 0.29) is 6.04 Å². The Morgan fingerprint density at radius 2 is 1.92 bits per heavy atom. The van der Waals surface area contributed by atoms with Crippen LogP contribution in [0.1, 0.15) is 30.0 Å². The second-order valence-electron chi connectivity index (χ2n) is 6.36. The van der Waals surface area contributed by atoms with E-state index in [1.54, 1.807) is 0 Å². The Bertz CT molecular complexity index is 664. The van der Waals surface area contributed by atoms with Crippen LogP contribution in [0.2, 0.25) is 0 Å². The van der Waals surface area contributed by atoms with Gasteiger partial charge in [0.2, 0.25) is 0 Å². The first-order valence-corrected chi connectivity index (χ1v) is 8.71. The summed E-state index contributed by atoms with van der Waals surface area (Å²) in [4.78, 5) is 2.19. The van der Waals surface area contributed by atoms with Crippen LogP contribution in [0.4, 0.5) is 0 Å². The van der Waals surface area contributed by atoms with Crippen LogP contribution in [-0.4, -0.2) is 32.1 Å². The second-order valence-corrected chi connectivity index (χ2v) is 6.36. The molecule has 0 heterocycles. The SMILES string of the molecule is CN(C)CC(NCc1cccc(OCCCC#N)c1)c1ccccc1. The summed E-state index contributed by atoms with van der Waals surface area (Å²) in [6.45, 7) is 2.30. The lowest BCUT2D eigenvalue weighted by atomic mass is 10.1. The number of hydrogen-bond donors (Lipinski definition) is 1. The van der Waals surface area contributed by atoms with Crippen molar-refractivity contribution >= 4 is 0 Å². The fourth-order valence-corrected chi connectivity index (χ4v) is 2.67. The van der Waals surface area contributed by atoms with Gasteiger partial charge in [-0.2, -0.15) is 5.26 Å². The van der Waals surface area contributed by atoms with Crippen LogP contribution < -0.4 is 10.1 Å². The van der Waals surface area contributed by atoms with Crippen molar-refractivity contribution in [2.45, 2.75) is 25.4 Å². The molecule has 132 valence electrons. The molecule has 2 rings (SSSR count). The van der Waals surface area contributed by atoms with Crippen molar-refractivity contribution in [2.24, 2.45) is 0 Å². The fraction of sp³-hybridized carbons (Fsp3) is 0.381. The number of rotatable bonds is 10. The first-order valence-electron chi connectivity index (χ1n) is 8.71. The molecule has 2 aromatic carbocycles. The van der Waals surface area contributed by atoms with Crippen LogP contribution in [0, 0.1) is 11.3 Å². The zero-order valence-corrected chi connectivity index (χ0v) is 15.1. The lowest BCUT2D eigenvalue weighted by Gasteiger charge is -2.23. The molecule has 0 bridgehead atoms. The van der Waals surface area contributed by atoms with Gasteiger partial charge in [0.15, 0.2) is 0 Å². The number of benzene rings is 2. The molecule has 1 N–H and O–H groups in total. The molecule has 0 saturated carbocycles. The van der Waals surface area contributed by atoms with Crippen molar-refractivity contribution in [1.82, 2.24) is 10.2 Å². The van der Waals surface area contributed by atoms with E-state index in [0.29, 0.717) is 13.0 Å². The zero-order valence-electron chi connectivity index (χ0n) is 15.1. The van der Waals surface area contributed by atoms with Gasteiger partial charge in [0.25, 0.3) is 0 Å². The van der Waals surface area contributed by atoms with E-state index in [1.165, 1.54) is 11.1 Å². The molecule has 4 nitrogen and oxygen atoms in total. The van der Waals surface area contributed by atoms with Gasteiger partial charge in [-0.15, -0.1) is 0 Å². The number of nitriles is 1. The van der Waals surface area contributed by atoms with Crippen molar-refractivity contribution < 1.29 is 4.74 Å². The molecule has 2 aromatic rings. The highest BCUT2D eigenvalue weighted by Crippen LogP contribution is 2.17. The summed E-state index contributed by atoms with van der Waals surface area (Å²) in [6.07, 6.45) is 1.29. The third-order valence-electron chi connectivity index (χ3n) is 3.90. The number of hydrogen-bond acceptors (Lipinski definition) is 4. The quantitative estimate of drug-likeness (QED) is 0.671. The number of nitrogens with one attached hydrogen (secondary N) is 1. The minimum Gasteiger partial charge on any atom is -0.494 e. The van der Waals surface area contributed by atoms with Gasteiger partial charge in [-0.25, -0.2) is 0 Å².